The van der Waals surface area contributed by atoms with Gasteiger partial charge in [-0.2, -0.15) is 5.10 Å². The summed E-state index contributed by atoms with van der Waals surface area (Å²) in [7, 11) is 0. The van der Waals surface area contributed by atoms with Crippen LogP contribution in [0.2, 0.25) is 0 Å². The van der Waals surface area contributed by atoms with Gasteiger partial charge in [-0.3, -0.25) is 9.89 Å². The molecule has 0 aliphatic heterocycles. The van der Waals surface area contributed by atoms with Gasteiger partial charge in [-0.05, 0) is 36.2 Å². The van der Waals surface area contributed by atoms with Crippen LogP contribution in [0.1, 0.15) is 34.5 Å². The Hall–Kier alpha value is -4.20. The molecule has 0 saturated carbocycles. The van der Waals surface area contributed by atoms with Crippen molar-refractivity contribution in [3.05, 3.63) is 89.7 Å². The van der Waals surface area contributed by atoms with E-state index in [1.807, 2.05) is 37.3 Å². The highest BCUT2D eigenvalue weighted by Crippen LogP contribution is 2.20. The number of fused-ring (bicyclic) bond motifs is 1. The molecule has 0 aliphatic rings. The number of nitrogens with zero attached hydrogens (tertiary/aromatic N) is 2. The van der Waals surface area contributed by atoms with Gasteiger partial charge in [0.1, 0.15) is 6.61 Å². The largest absolute Gasteiger partial charge is 0.445 e. The molecular formula is C23H21N5O3. The molecule has 0 fully saturated rings. The van der Waals surface area contributed by atoms with Gasteiger partial charge in [-0.15, -0.1) is 0 Å². The lowest BCUT2D eigenvalue weighted by Gasteiger charge is -2.15. The van der Waals surface area contributed by atoms with Gasteiger partial charge in [-0.1, -0.05) is 42.5 Å². The Morgan fingerprint density at radius 2 is 1.84 bits per heavy atom. The summed E-state index contributed by atoms with van der Waals surface area (Å²) in [6.07, 6.45) is 2.72. The quantitative estimate of drug-likeness (QED) is 0.437. The van der Waals surface area contributed by atoms with Gasteiger partial charge in [0, 0.05) is 11.8 Å². The highest BCUT2D eigenvalue weighted by molar-refractivity contribution is 6.08. The number of amides is 2. The molecule has 0 unspecified atom stereocenters. The molecule has 1 atom stereocenters. The summed E-state index contributed by atoms with van der Waals surface area (Å²) in [5, 5.41) is 13.1. The Labute approximate surface area is 178 Å². The minimum atomic E-state index is -0.500. The van der Waals surface area contributed by atoms with E-state index < -0.39 is 6.09 Å². The van der Waals surface area contributed by atoms with Crippen molar-refractivity contribution in [1.29, 1.82) is 0 Å². The van der Waals surface area contributed by atoms with Crippen molar-refractivity contribution in [2.75, 3.05) is 5.32 Å². The van der Waals surface area contributed by atoms with Crippen molar-refractivity contribution in [2.45, 2.75) is 19.6 Å². The maximum absolute atomic E-state index is 12.6. The third-order valence-electron chi connectivity index (χ3n) is 4.82. The summed E-state index contributed by atoms with van der Waals surface area (Å²) in [5.41, 5.74) is 3.50. The summed E-state index contributed by atoms with van der Waals surface area (Å²) in [4.78, 5) is 28.8. The van der Waals surface area contributed by atoms with Gasteiger partial charge in [0.2, 0.25) is 0 Å². The number of aromatic amines is 1. The molecular weight excluding hydrogens is 394 g/mol. The summed E-state index contributed by atoms with van der Waals surface area (Å²) in [5.74, 6) is -0.247. The van der Waals surface area contributed by atoms with E-state index in [2.05, 4.69) is 25.8 Å². The number of nitrogens with one attached hydrogen (secondary N) is 3. The average Bonchev–Trinajstić information content (AvgIpc) is 3.28. The zero-order chi connectivity index (χ0) is 21.6. The van der Waals surface area contributed by atoms with Gasteiger partial charge in [0.15, 0.2) is 5.65 Å². The van der Waals surface area contributed by atoms with Crippen LogP contribution in [0.25, 0.3) is 11.0 Å². The van der Waals surface area contributed by atoms with Crippen LogP contribution in [-0.4, -0.2) is 27.2 Å². The molecule has 2 aromatic carbocycles. The van der Waals surface area contributed by atoms with Gasteiger partial charge in [-0.25, -0.2) is 9.78 Å². The topological polar surface area (TPSA) is 109 Å². The fraction of sp³-hybridized carbons (Fsp3) is 0.130. The Balaban J connectivity index is 1.34. The van der Waals surface area contributed by atoms with Crippen LogP contribution >= 0.6 is 0 Å². The third-order valence-corrected chi connectivity index (χ3v) is 4.82. The zero-order valence-corrected chi connectivity index (χ0v) is 16.8. The number of benzene rings is 2. The van der Waals surface area contributed by atoms with Crippen molar-refractivity contribution in [3.63, 3.8) is 0 Å². The summed E-state index contributed by atoms with van der Waals surface area (Å²) in [6, 6.07) is 18.0. The predicted molar refractivity (Wildman–Crippen MR) is 116 cm³/mol. The van der Waals surface area contributed by atoms with Crippen molar-refractivity contribution >= 4 is 28.7 Å². The van der Waals surface area contributed by atoms with Crippen molar-refractivity contribution in [1.82, 2.24) is 20.5 Å². The second-order valence-electron chi connectivity index (χ2n) is 6.99. The maximum atomic E-state index is 12.6. The molecule has 0 saturated heterocycles. The number of hydrogen-bond donors (Lipinski definition) is 3. The number of aromatic nitrogens is 3. The smallest absolute Gasteiger partial charge is 0.407 e. The van der Waals surface area contributed by atoms with Crippen LogP contribution in [0, 0.1) is 0 Å². The summed E-state index contributed by atoms with van der Waals surface area (Å²) in [6.45, 7) is 2.06. The molecule has 2 heterocycles. The maximum Gasteiger partial charge on any atom is 0.407 e. The molecule has 0 radical (unpaired) electrons. The Bertz CT molecular complexity index is 1190. The minimum Gasteiger partial charge on any atom is -0.445 e. The lowest BCUT2D eigenvalue weighted by molar-refractivity contribution is 0.102. The van der Waals surface area contributed by atoms with E-state index in [4.69, 9.17) is 4.74 Å². The second kappa shape index (κ2) is 9.08. The minimum absolute atomic E-state index is 0.206. The van der Waals surface area contributed by atoms with Crippen molar-refractivity contribution in [3.8, 4) is 0 Å². The molecule has 4 rings (SSSR count). The standard InChI is InChI=1S/C23H21N5O3/c1-15(26-23(30)31-14-16-5-3-2-4-6-16)17-7-9-18(10-8-17)22(29)27-20-11-12-24-21-19(20)13-25-28-21/h2-13,15H,14H2,1H3,(H,26,30)(H2,24,25,27,28,29)/t15-/m1/s1. The van der Waals surface area contributed by atoms with E-state index in [1.165, 1.54) is 0 Å². The van der Waals surface area contributed by atoms with Gasteiger partial charge in [0.25, 0.3) is 5.91 Å². The predicted octanol–water partition coefficient (Wildman–Crippen LogP) is 4.20. The molecule has 0 aliphatic carbocycles. The van der Waals surface area contributed by atoms with E-state index in [9.17, 15) is 9.59 Å². The Morgan fingerprint density at radius 3 is 2.61 bits per heavy atom. The molecule has 2 amide bonds. The summed E-state index contributed by atoms with van der Waals surface area (Å²) < 4.78 is 5.25. The molecule has 156 valence electrons. The first-order valence-corrected chi connectivity index (χ1v) is 9.77. The first-order chi connectivity index (χ1) is 15.1. The first-order valence-electron chi connectivity index (χ1n) is 9.77. The molecule has 8 nitrogen and oxygen atoms in total. The highest BCUT2D eigenvalue weighted by Gasteiger charge is 2.13. The first kappa shape index (κ1) is 20.1. The van der Waals surface area contributed by atoms with Crippen LogP contribution in [-0.2, 0) is 11.3 Å². The SMILES string of the molecule is C[C@@H](NC(=O)OCc1ccccc1)c1ccc(C(=O)Nc2ccnc3[nH]ncc23)cc1. The second-order valence-corrected chi connectivity index (χ2v) is 6.99. The average molecular weight is 415 g/mol. The lowest BCUT2D eigenvalue weighted by atomic mass is 10.1. The van der Waals surface area contributed by atoms with Crippen molar-refractivity contribution < 1.29 is 14.3 Å². The van der Waals surface area contributed by atoms with Crippen LogP contribution in [0.5, 0.6) is 0 Å². The van der Waals surface area contributed by atoms with E-state index in [-0.39, 0.29) is 18.6 Å². The summed E-state index contributed by atoms with van der Waals surface area (Å²) >= 11 is 0. The number of hydrogen-bond acceptors (Lipinski definition) is 5. The Kier molecular flexibility index (Phi) is 5.89. The van der Waals surface area contributed by atoms with Gasteiger partial charge in [0.05, 0.1) is 23.3 Å². The fourth-order valence-corrected chi connectivity index (χ4v) is 3.10. The number of anilines is 1. The number of pyridine rings is 1. The number of ether oxygens (including phenoxy) is 1. The zero-order valence-electron chi connectivity index (χ0n) is 16.8. The molecule has 31 heavy (non-hydrogen) atoms. The molecule has 2 aromatic heterocycles. The van der Waals surface area contributed by atoms with Gasteiger partial charge < -0.3 is 15.4 Å². The van der Waals surface area contributed by atoms with Gasteiger partial charge >= 0.3 is 6.09 Å². The van der Waals surface area contributed by atoms with E-state index >= 15 is 0 Å². The van der Waals surface area contributed by atoms with Crippen LogP contribution in [0.15, 0.2) is 73.1 Å². The normalized spacial score (nSPS) is 11.6. The van der Waals surface area contributed by atoms with Crippen LogP contribution in [0.3, 0.4) is 0 Å². The number of alkyl carbamates (subject to hydrolysis) is 1. The molecule has 8 heteroatoms. The molecule has 4 aromatic rings. The lowest BCUT2D eigenvalue weighted by Crippen LogP contribution is -2.27. The fourth-order valence-electron chi connectivity index (χ4n) is 3.10. The number of rotatable bonds is 6. The number of H-pyrrole nitrogens is 1. The molecule has 0 bridgehead atoms. The number of carbonyl (C=O) groups is 2. The van der Waals surface area contributed by atoms with Crippen LogP contribution < -0.4 is 10.6 Å². The monoisotopic (exact) mass is 415 g/mol. The van der Waals surface area contributed by atoms with E-state index in [0.717, 1.165) is 16.5 Å². The van der Waals surface area contributed by atoms with Crippen molar-refractivity contribution in [2.24, 2.45) is 0 Å². The van der Waals surface area contributed by atoms with E-state index in [0.29, 0.717) is 16.9 Å². The Morgan fingerprint density at radius 1 is 1.06 bits per heavy atom. The van der Waals surface area contributed by atoms with E-state index in [1.54, 1.807) is 42.7 Å². The third kappa shape index (κ3) is 4.87. The number of carbonyl (C=O) groups excluding carboxylic acids is 2. The highest BCUT2D eigenvalue weighted by atomic mass is 16.5. The molecule has 0 spiro atoms. The van der Waals surface area contributed by atoms with Crippen LogP contribution in [0.4, 0.5) is 10.5 Å². The molecule has 3 N–H and O–H groups in total.